The first-order valence-corrected chi connectivity index (χ1v) is 10.9. The maximum absolute atomic E-state index is 12.9. The first-order chi connectivity index (χ1) is 14.3. The largest absolute Gasteiger partial charge is 0.370 e. The Morgan fingerprint density at radius 3 is 2.77 bits per heavy atom. The van der Waals surface area contributed by atoms with E-state index in [4.69, 9.17) is 10.00 Å². The van der Waals surface area contributed by atoms with E-state index < -0.39 is 22.2 Å². The fourth-order valence-corrected chi connectivity index (χ4v) is 4.67. The van der Waals surface area contributed by atoms with Crippen LogP contribution in [0.15, 0.2) is 66.1 Å². The highest BCUT2D eigenvalue weighted by molar-refractivity contribution is 7.89. The van der Waals surface area contributed by atoms with Crippen molar-refractivity contribution >= 4 is 15.9 Å². The maximum atomic E-state index is 12.9. The van der Waals surface area contributed by atoms with Gasteiger partial charge < -0.3 is 9.64 Å². The predicted octanol–water partition coefficient (Wildman–Crippen LogP) is 2.13. The molecule has 0 saturated carbocycles. The van der Waals surface area contributed by atoms with Crippen LogP contribution in [0.5, 0.6) is 0 Å². The van der Waals surface area contributed by atoms with Gasteiger partial charge in [-0.25, -0.2) is 13.1 Å². The number of aryl methyl sites for hydroxylation is 1. The first-order valence-electron chi connectivity index (χ1n) is 9.43. The predicted molar refractivity (Wildman–Crippen MR) is 112 cm³/mol. The number of carbonyl (C=O) groups excluding carboxylic acids is 1. The number of nitrogens with zero attached hydrogens (tertiary/aromatic N) is 2. The molecule has 1 heterocycles. The van der Waals surface area contributed by atoms with Crippen LogP contribution in [0.1, 0.15) is 16.7 Å². The molecule has 8 heteroatoms. The summed E-state index contributed by atoms with van der Waals surface area (Å²) >= 11 is 0. The molecule has 3 rings (SSSR count). The highest BCUT2D eigenvalue weighted by Gasteiger charge is 2.38. The van der Waals surface area contributed by atoms with Crippen molar-refractivity contribution in [3.63, 3.8) is 0 Å². The molecule has 0 unspecified atom stereocenters. The van der Waals surface area contributed by atoms with Gasteiger partial charge in [-0.1, -0.05) is 42.5 Å². The summed E-state index contributed by atoms with van der Waals surface area (Å²) in [5, 5.41) is 9.04. The lowest BCUT2D eigenvalue weighted by Crippen LogP contribution is -2.44. The van der Waals surface area contributed by atoms with Crippen LogP contribution < -0.4 is 4.72 Å². The SMILES string of the molecule is C=CC(=O)N1C[C@@H](NS(=O)(=O)c2cccc(C#N)c2)[C@H](OCc2cccc(C)c2)C1. The molecule has 0 aliphatic carbocycles. The number of sulfonamides is 1. The Hall–Kier alpha value is -2.99. The number of carbonyl (C=O) groups is 1. The van der Waals surface area contributed by atoms with Gasteiger partial charge in [-0.2, -0.15) is 5.26 Å². The first kappa shape index (κ1) is 21.7. The minimum absolute atomic E-state index is 0.00696. The lowest BCUT2D eigenvalue weighted by molar-refractivity contribution is -0.125. The highest BCUT2D eigenvalue weighted by Crippen LogP contribution is 2.20. The summed E-state index contributed by atoms with van der Waals surface area (Å²) < 4.78 is 34.4. The molecule has 156 valence electrons. The molecule has 0 bridgehead atoms. The zero-order valence-corrected chi connectivity index (χ0v) is 17.4. The number of nitriles is 1. The second-order valence-electron chi connectivity index (χ2n) is 7.15. The van der Waals surface area contributed by atoms with Crippen LogP contribution in [-0.4, -0.2) is 44.5 Å². The Balaban J connectivity index is 1.78. The van der Waals surface area contributed by atoms with Gasteiger partial charge in [-0.15, -0.1) is 0 Å². The summed E-state index contributed by atoms with van der Waals surface area (Å²) in [6, 6.07) is 14.9. The molecule has 7 nitrogen and oxygen atoms in total. The minimum Gasteiger partial charge on any atom is -0.370 e. The molecule has 30 heavy (non-hydrogen) atoms. The third kappa shape index (κ3) is 5.13. The summed E-state index contributed by atoms with van der Waals surface area (Å²) in [4.78, 5) is 13.6. The van der Waals surface area contributed by atoms with Gasteiger partial charge in [-0.3, -0.25) is 4.79 Å². The van der Waals surface area contributed by atoms with E-state index >= 15 is 0 Å². The van der Waals surface area contributed by atoms with Gasteiger partial charge in [0, 0.05) is 13.1 Å². The second kappa shape index (κ2) is 9.22. The highest BCUT2D eigenvalue weighted by atomic mass is 32.2. The Labute approximate surface area is 176 Å². The molecular formula is C22H23N3O4S. The summed E-state index contributed by atoms with van der Waals surface area (Å²) in [6.45, 7) is 6.20. The average molecular weight is 426 g/mol. The fourth-order valence-electron chi connectivity index (χ4n) is 3.37. The van der Waals surface area contributed by atoms with Crippen LogP contribution in [0.3, 0.4) is 0 Å². The van der Waals surface area contributed by atoms with Crippen molar-refractivity contribution in [3.8, 4) is 6.07 Å². The number of nitrogens with one attached hydrogen (secondary N) is 1. The van der Waals surface area contributed by atoms with Gasteiger partial charge in [0.25, 0.3) is 0 Å². The van der Waals surface area contributed by atoms with Gasteiger partial charge in [0.2, 0.25) is 15.9 Å². The third-order valence-corrected chi connectivity index (χ3v) is 6.37. The van der Waals surface area contributed by atoms with Crippen LogP contribution >= 0.6 is 0 Å². The quantitative estimate of drug-likeness (QED) is 0.685. The van der Waals surface area contributed by atoms with Crippen LogP contribution in [0, 0.1) is 18.3 Å². The molecule has 2 aromatic rings. The van der Waals surface area contributed by atoms with E-state index in [0.29, 0.717) is 6.61 Å². The van der Waals surface area contributed by atoms with Crippen LogP contribution in [-0.2, 0) is 26.2 Å². The molecule has 1 aliphatic heterocycles. The van der Waals surface area contributed by atoms with Crippen molar-refractivity contribution in [2.45, 2.75) is 30.6 Å². The van der Waals surface area contributed by atoms with Gasteiger partial charge in [-0.05, 0) is 36.8 Å². The minimum atomic E-state index is -3.90. The molecular weight excluding hydrogens is 402 g/mol. The number of rotatable bonds is 7. The summed E-state index contributed by atoms with van der Waals surface area (Å²) in [6.07, 6.45) is 0.675. The maximum Gasteiger partial charge on any atom is 0.246 e. The van der Waals surface area contributed by atoms with Crippen molar-refractivity contribution in [2.75, 3.05) is 13.1 Å². The van der Waals surface area contributed by atoms with Gasteiger partial charge in [0.1, 0.15) is 0 Å². The van der Waals surface area contributed by atoms with Crippen LogP contribution in [0.25, 0.3) is 0 Å². The van der Waals surface area contributed by atoms with E-state index in [2.05, 4.69) is 11.3 Å². The molecule has 1 fully saturated rings. The van der Waals surface area contributed by atoms with Crippen LogP contribution in [0.2, 0.25) is 0 Å². The van der Waals surface area contributed by atoms with Gasteiger partial charge >= 0.3 is 0 Å². The lowest BCUT2D eigenvalue weighted by Gasteiger charge is -2.20. The number of likely N-dealkylation sites (tertiary alicyclic amines) is 1. The number of hydrogen-bond donors (Lipinski definition) is 1. The number of hydrogen-bond acceptors (Lipinski definition) is 5. The van der Waals surface area contributed by atoms with Crippen molar-refractivity contribution in [2.24, 2.45) is 0 Å². The normalized spacial score (nSPS) is 18.7. The zero-order valence-electron chi connectivity index (χ0n) is 16.6. The molecule has 1 saturated heterocycles. The summed E-state index contributed by atoms with van der Waals surface area (Å²) in [7, 11) is -3.90. The van der Waals surface area contributed by atoms with Crippen molar-refractivity contribution in [1.29, 1.82) is 5.26 Å². The Kier molecular flexibility index (Phi) is 6.67. The molecule has 0 radical (unpaired) electrons. The molecule has 1 amide bonds. The Bertz CT molecular complexity index is 1090. The van der Waals surface area contributed by atoms with E-state index in [1.165, 1.54) is 35.2 Å². The molecule has 0 spiro atoms. The zero-order chi connectivity index (χ0) is 21.7. The Morgan fingerprint density at radius 2 is 2.07 bits per heavy atom. The average Bonchev–Trinajstić information content (AvgIpc) is 3.13. The van der Waals surface area contributed by atoms with E-state index in [-0.39, 0.29) is 29.5 Å². The van der Waals surface area contributed by atoms with E-state index in [1.807, 2.05) is 37.3 Å². The van der Waals surface area contributed by atoms with Crippen LogP contribution in [0.4, 0.5) is 0 Å². The molecule has 2 aromatic carbocycles. The van der Waals surface area contributed by atoms with E-state index in [1.54, 1.807) is 0 Å². The number of amides is 1. The van der Waals surface area contributed by atoms with Crippen molar-refractivity contribution in [1.82, 2.24) is 9.62 Å². The van der Waals surface area contributed by atoms with Crippen molar-refractivity contribution < 1.29 is 17.9 Å². The summed E-state index contributed by atoms with van der Waals surface area (Å²) in [5.41, 5.74) is 2.31. The van der Waals surface area contributed by atoms with Crippen molar-refractivity contribution in [3.05, 3.63) is 77.9 Å². The molecule has 0 aromatic heterocycles. The van der Waals surface area contributed by atoms with E-state index in [9.17, 15) is 13.2 Å². The lowest BCUT2D eigenvalue weighted by atomic mass is 10.1. The van der Waals surface area contributed by atoms with Gasteiger partial charge in [0.15, 0.2) is 0 Å². The third-order valence-electron chi connectivity index (χ3n) is 4.88. The topological polar surface area (TPSA) is 99.5 Å². The fraction of sp³-hybridized carbons (Fsp3) is 0.273. The molecule has 1 N–H and O–H groups in total. The molecule has 1 aliphatic rings. The number of benzene rings is 2. The monoisotopic (exact) mass is 425 g/mol. The van der Waals surface area contributed by atoms with E-state index in [0.717, 1.165) is 11.1 Å². The standard InChI is InChI=1S/C22H23N3O4S/c1-3-22(26)25-13-20(21(14-25)29-15-18-8-4-6-16(2)10-18)24-30(27,28)19-9-5-7-17(11-19)12-23/h3-11,20-21,24H,1,13-15H2,2H3/t20-,21-/m1/s1. The number of ether oxygens (including phenoxy) is 1. The summed E-state index contributed by atoms with van der Waals surface area (Å²) in [5.74, 6) is -0.285. The smallest absolute Gasteiger partial charge is 0.246 e. The molecule has 2 atom stereocenters. The Morgan fingerprint density at radius 1 is 1.30 bits per heavy atom. The van der Waals surface area contributed by atoms with Gasteiger partial charge in [0.05, 0.1) is 35.3 Å². The second-order valence-corrected chi connectivity index (χ2v) is 8.87.